The molecule has 1 aromatic heterocycles. The number of benzene rings is 1. The molecule has 0 aliphatic carbocycles. The van der Waals surface area contributed by atoms with Crippen LogP contribution in [-0.4, -0.2) is 12.1 Å². The van der Waals surface area contributed by atoms with Crippen molar-refractivity contribution >= 4 is 5.82 Å². The Morgan fingerprint density at radius 1 is 1.24 bits per heavy atom. The molecule has 17 heavy (non-hydrogen) atoms. The third kappa shape index (κ3) is 2.20. The van der Waals surface area contributed by atoms with Crippen LogP contribution in [0.1, 0.15) is 5.56 Å². The lowest BCUT2D eigenvalue weighted by molar-refractivity contribution is 0.415. The molecule has 0 spiro atoms. The Bertz CT molecular complexity index is 555. The first-order valence-electron chi connectivity index (χ1n) is 5.18. The van der Waals surface area contributed by atoms with Gasteiger partial charge in [-0.25, -0.2) is 9.37 Å². The van der Waals surface area contributed by atoms with E-state index in [9.17, 15) is 4.39 Å². The Balaban J connectivity index is 2.66. The minimum absolute atomic E-state index is 0.332. The summed E-state index contributed by atoms with van der Waals surface area (Å²) in [6.45, 7) is 1.90. The predicted octanol–water partition coefficient (Wildman–Crippen LogP) is 2.79. The standard InChI is InChI=1S/C13H13FN2O/c1-8-5-11(13(15)16-7-8)10-6-9(14)3-4-12(10)17-2/h3-7H,1-2H3,(H2,15,16). The maximum Gasteiger partial charge on any atom is 0.131 e. The van der Waals surface area contributed by atoms with E-state index in [4.69, 9.17) is 10.5 Å². The summed E-state index contributed by atoms with van der Waals surface area (Å²) in [7, 11) is 1.54. The zero-order chi connectivity index (χ0) is 12.4. The molecule has 2 aromatic rings. The van der Waals surface area contributed by atoms with Gasteiger partial charge in [-0.3, -0.25) is 0 Å². The van der Waals surface area contributed by atoms with Crippen LogP contribution in [-0.2, 0) is 0 Å². The Kier molecular flexibility index (Phi) is 2.95. The van der Waals surface area contributed by atoms with Crippen LogP contribution in [0.2, 0.25) is 0 Å². The monoisotopic (exact) mass is 232 g/mol. The van der Waals surface area contributed by atoms with Gasteiger partial charge >= 0.3 is 0 Å². The number of hydrogen-bond donors (Lipinski definition) is 1. The molecule has 0 fully saturated rings. The first-order chi connectivity index (χ1) is 8.11. The number of methoxy groups -OCH3 is 1. The van der Waals surface area contributed by atoms with E-state index < -0.39 is 0 Å². The molecular formula is C13H13FN2O. The molecule has 0 radical (unpaired) electrons. The minimum Gasteiger partial charge on any atom is -0.496 e. The zero-order valence-corrected chi connectivity index (χ0v) is 9.70. The molecule has 0 aliphatic rings. The Labute approximate surface area is 99.1 Å². The van der Waals surface area contributed by atoms with Gasteiger partial charge < -0.3 is 10.5 Å². The Morgan fingerprint density at radius 3 is 2.71 bits per heavy atom. The van der Waals surface area contributed by atoms with Crippen LogP contribution >= 0.6 is 0 Å². The average Bonchev–Trinajstić information content (AvgIpc) is 2.32. The van der Waals surface area contributed by atoms with Gasteiger partial charge in [-0.2, -0.15) is 0 Å². The van der Waals surface area contributed by atoms with Crippen LogP contribution in [0.4, 0.5) is 10.2 Å². The van der Waals surface area contributed by atoms with Crippen molar-refractivity contribution < 1.29 is 9.13 Å². The van der Waals surface area contributed by atoms with E-state index in [0.29, 0.717) is 22.7 Å². The van der Waals surface area contributed by atoms with Gasteiger partial charge in [-0.05, 0) is 36.8 Å². The van der Waals surface area contributed by atoms with E-state index in [-0.39, 0.29) is 5.82 Å². The van der Waals surface area contributed by atoms with E-state index >= 15 is 0 Å². The van der Waals surface area contributed by atoms with Crippen molar-refractivity contribution in [2.75, 3.05) is 12.8 Å². The number of nitrogens with two attached hydrogens (primary N) is 1. The summed E-state index contributed by atoms with van der Waals surface area (Å²) in [4.78, 5) is 4.06. The molecule has 3 nitrogen and oxygen atoms in total. The summed E-state index contributed by atoms with van der Waals surface area (Å²) in [5, 5.41) is 0. The van der Waals surface area contributed by atoms with Gasteiger partial charge in [0.05, 0.1) is 7.11 Å². The van der Waals surface area contributed by atoms with E-state index in [0.717, 1.165) is 5.56 Å². The third-order valence-corrected chi connectivity index (χ3v) is 2.51. The lowest BCUT2D eigenvalue weighted by Crippen LogP contribution is -1.97. The fraction of sp³-hybridized carbons (Fsp3) is 0.154. The zero-order valence-electron chi connectivity index (χ0n) is 9.70. The third-order valence-electron chi connectivity index (χ3n) is 2.51. The number of halogens is 1. The molecule has 0 atom stereocenters. The van der Waals surface area contributed by atoms with Crippen molar-refractivity contribution in [1.82, 2.24) is 4.98 Å². The van der Waals surface area contributed by atoms with Crippen molar-refractivity contribution in [3.8, 4) is 16.9 Å². The van der Waals surface area contributed by atoms with Gasteiger partial charge in [-0.15, -0.1) is 0 Å². The summed E-state index contributed by atoms with van der Waals surface area (Å²) < 4.78 is 18.5. The smallest absolute Gasteiger partial charge is 0.131 e. The number of rotatable bonds is 2. The summed E-state index contributed by atoms with van der Waals surface area (Å²) in [5.74, 6) is 0.603. The number of aromatic nitrogens is 1. The van der Waals surface area contributed by atoms with Crippen molar-refractivity contribution in [1.29, 1.82) is 0 Å². The predicted molar refractivity (Wildman–Crippen MR) is 65.3 cm³/mol. The number of nitrogen functional groups attached to an aromatic ring is 1. The summed E-state index contributed by atoms with van der Waals surface area (Å²) in [5.41, 5.74) is 8.06. The Morgan fingerprint density at radius 2 is 2.00 bits per heavy atom. The highest BCUT2D eigenvalue weighted by Gasteiger charge is 2.11. The number of aryl methyl sites for hydroxylation is 1. The molecule has 0 amide bonds. The van der Waals surface area contributed by atoms with Gasteiger partial charge in [0, 0.05) is 17.3 Å². The van der Waals surface area contributed by atoms with E-state index in [1.54, 1.807) is 12.3 Å². The second-order valence-corrected chi connectivity index (χ2v) is 3.79. The molecule has 0 saturated carbocycles. The van der Waals surface area contributed by atoms with Gasteiger partial charge in [0.15, 0.2) is 0 Å². The lowest BCUT2D eigenvalue weighted by Gasteiger charge is -2.11. The molecule has 0 saturated heterocycles. The van der Waals surface area contributed by atoms with Crippen LogP contribution in [0.5, 0.6) is 5.75 Å². The van der Waals surface area contributed by atoms with Crippen molar-refractivity contribution in [2.45, 2.75) is 6.92 Å². The molecule has 2 rings (SSSR count). The Hall–Kier alpha value is -2.10. The average molecular weight is 232 g/mol. The van der Waals surface area contributed by atoms with Crippen LogP contribution in [0, 0.1) is 12.7 Å². The topological polar surface area (TPSA) is 48.1 Å². The number of nitrogens with zero attached hydrogens (tertiary/aromatic N) is 1. The number of ether oxygens (including phenoxy) is 1. The molecule has 2 N–H and O–H groups in total. The van der Waals surface area contributed by atoms with E-state index in [1.165, 1.54) is 19.2 Å². The van der Waals surface area contributed by atoms with Crippen molar-refractivity contribution in [2.24, 2.45) is 0 Å². The maximum absolute atomic E-state index is 13.3. The van der Waals surface area contributed by atoms with Crippen LogP contribution in [0.15, 0.2) is 30.5 Å². The van der Waals surface area contributed by atoms with Crippen LogP contribution in [0.3, 0.4) is 0 Å². The summed E-state index contributed by atoms with van der Waals surface area (Å²) in [6, 6.07) is 6.18. The SMILES string of the molecule is COc1ccc(F)cc1-c1cc(C)cnc1N. The molecule has 4 heteroatoms. The molecular weight excluding hydrogens is 219 g/mol. The highest BCUT2D eigenvalue weighted by Crippen LogP contribution is 2.33. The fourth-order valence-corrected chi connectivity index (χ4v) is 1.69. The first-order valence-corrected chi connectivity index (χ1v) is 5.18. The fourth-order valence-electron chi connectivity index (χ4n) is 1.69. The molecule has 1 heterocycles. The molecule has 0 unspecified atom stereocenters. The molecule has 1 aromatic carbocycles. The maximum atomic E-state index is 13.3. The second kappa shape index (κ2) is 4.41. The van der Waals surface area contributed by atoms with Gasteiger partial charge in [-0.1, -0.05) is 0 Å². The van der Waals surface area contributed by atoms with E-state index in [1.807, 2.05) is 13.0 Å². The summed E-state index contributed by atoms with van der Waals surface area (Å²) in [6.07, 6.45) is 1.67. The molecule has 88 valence electrons. The number of hydrogen-bond acceptors (Lipinski definition) is 3. The first kappa shape index (κ1) is 11.4. The minimum atomic E-state index is -0.332. The highest BCUT2D eigenvalue weighted by molar-refractivity contribution is 5.78. The van der Waals surface area contributed by atoms with Gasteiger partial charge in [0.2, 0.25) is 0 Å². The second-order valence-electron chi connectivity index (χ2n) is 3.79. The number of pyridine rings is 1. The normalized spacial score (nSPS) is 10.3. The largest absolute Gasteiger partial charge is 0.496 e. The highest BCUT2D eigenvalue weighted by atomic mass is 19.1. The lowest BCUT2D eigenvalue weighted by atomic mass is 10.0. The van der Waals surface area contributed by atoms with Gasteiger partial charge in [0.25, 0.3) is 0 Å². The van der Waals surface area contributed by atoms with Crippen molar-refractivity contribution in [3.63, 3.8) is 0 Å². The van der Waals surface area contributed by atoms with Crippen molar-refractivity contribution in [3.05, 3.63) is 41.8 Å². The number of anilines is 1. The van der Waals surface area contributed by atoms with E-state index in [2.05, 4.69) is 4.98 Å². The molecule has 0 aliphatic heterocycles. The quantitative estimate of drug-likeness (QED) is 0.866. The van der Waals surface area contributed by atoms with Gasteiger partial charge in [0.1, 0.15) is 17.4 Å². The molecule has 0 bridgehead atoms. The summed E-state index contributed by atoms with van der Waals surface area (Å²) >= 11 is 0. The van der Waals surface area contributed by atoms with Crippen LogP contribution in [0.25, 0.3) is 11.1 Å². The van der Waals surface area contributed by atoms with Crippen LogP contribution < -0.4 is 10.5 Å².